The van der Waals surface area contributed by atoms with Gasteiger partial charge < -0.3 is 9.80 Å². The molecule has 0 amide bonds. The van der Waals surface area contributed by atoms with Crippen molar-refractivity contribution in [2.45, 2.75) is 153 Å². The number of nitrogens with zero attached hydrogens (tertiary/aromatic N) is 3. The molecule has 4 unspecified atom stereocenters. The fourth-order valence-corrected chi connectivity index (χ4v) is 16.0. The molecule has 3 nitrogen and oxygen atoms in total. The third kappa shape index (κ3) is 6.98. The average molecular weight is 1020 g/mol. The summed E-state index contributed by atoms with van der Waals surface area (Å²) in [6.07, 6.45) is 13.5. The predicted molar refractivity (Wildman–Crippen MR) is 334 cm³/mol. The second-order valence-corrected chi connectivity index (χ2v) is 27.0. The van der Waals surface area contributed by atoms with Gasteiger partial charge in [-0.05, 0) is 216 Å². The summed E-state index contributed by atoms with van der Waals surface area (Å²) >= 11 is 0. The zero-order valence-corrected chi connectivity index (χ0v) is 47.7. The van der Waals surface area contributed by atoms with E-state index in [1.807, 2.05) is 12.4 Å². The summed E-state index contributed by atoms with van der Waals surface area (Å²) in [5, 5.41) is 10.2. The van der Waals surface area contributed by atoms with Crippen molar-refractivity contribution in [3.63, 3.8) is 0 Å². The first kappa shape index (κ1) is 49.1. The fraction of sp³-hybridized carbons (Fsp3) is 0.320. The Bertz CT molecular complexity index is 4100. The molecule has 3 heteroatoms. The fourth-order valence-electron chi connectivity index (χ4n) is 16.0. The van der Waals surface area contributed by atoms with Crippen molar-refractivity contribution in [2.24, 2.45) is 0 Å². The van der Waals surface area contributed by atoms with Crippen molar-refractivity contribution >= 4 is 65.8 Å². The van der Waals surface area contributed by atoms with Gasteiger partial charge in [-0.2, -0.15) is 0 Å². The maximum Gasteiger partial charge on any atom is 0.0517 e. The Morgan fingerprint density at radius 2 is 0.885 bits per heavy atom. The van der Waals surface area contributed by atoms with Crippen molar-refractivity contribution in [3.05, 3.63) is 198 Å². The van der Waals surface area contributed by atoms with Crippen molar-refractivity contribution in [2.75, 3.05) is 9.80 Å². The summed E-state index contributed by atoms with van der Waals surface area (Å²) in [6, 6.07) is 64.4. The summed E-state index contributed by atoms with van der Waals surface area (Å²) in [5.41, 5.74) is 18.5. The summed E-state index contributed by atoms with van der Waals surface area (Å²) in [7, 11) is 0. The molecule has 0 saturated heterocycles. The van der Waals surface area contributed by atoms with Crippen LogP contribution in [-0.4, -0.2) is 16.1 Å². The molecule has 4 atom stereocenters. The highest BCUT2D eigenvalue weighted by molar-refractivity contribution is 6.27. The van der Waals surface area contributed by atoms with Crippen LogP contribution in [0.4, 0.5) is 22.7 Å². The average Bonchev–Trinajstić information content (AvgIpc) is 3.51. The monoisotopic (exact) mass is 1020 g/mol. The van der Waals surface area contributed by atoms with Gasteiger partial charge in [0, 0.05) is 51.5 Å². The molecule has 14 rings (SSSR count). The quantitative estimate of drug-likeness (QED) is 0.127. The topological polar surface area (TPSA) is 19.4 Å². The van der Waals surface area contributed by atoms with E-state index in [2.05, 4.69) is 243 Å². The van der Waals surface area contributed by atoms with Crippen LogP contribution in [0.3, 0.4) is 0 Å². The van der Waals surface area contributed by atoms with Crippen LogP contribution in [-0.2, 0) is 21.7 Å². The number of benzene rings is 9. The molecule has 3 heterocycles. The normalized spacial score (nSPS) is 23.0. The molecular formula is C75H75N3. The van der Waals surface area contributed by atoms with Crippen molar-refractivity contribution in [1.82, 2.24) is 4.98 Å². The Kier molecular flexibility index (Phi) is 10.8. The maximum absolute atomic E-state index is 4.69. The molecule has 2 aliphatic heterocycles. The van der Waals surface area contributed by atoms with E-state index in [9.17, 15) is 0 Å². The number of fused-ring (bicyclic) bond motifs is 11. The van der Waals surface area contributed by atoms with Gasteiger partial charge in [-0.3, -0.25) is 4.98 Å². The summed E-state index contributed by atoms with van der Waals surface area (Å²) in [5.74, 6) is 0. The minimum Gasteiger partial charge on any atom is -0.334 e. The van der Waals surface area contributed by atoms with E-state index in [0.29, 0.717) is 0 Å². The SMILES string of the molecule is CC(C)(C)c1cccc(N2c3ccc(-c4c5ccccc5c(-c5ccc6c(c5)C5(C)CCCCC5(C)N6c5cccc(C(C)(C)C)c5)c5cc6c(cc45)c(-c4cccnc4)cc4ccccc46)cc3C3(C)CCCCC23C)c1. The highest BCUT2D eigenvalue weighted by Gasteiger charge is 2.59. The van der Waals surface area contributed by atoms with E-state index >= 15 is 0 Å². The molecule has 10 aromatic rings. The van der Waals surface area contributed by atoms with Crippen molar-refractivity contribution in [3.8, 4) is 33.4 Å². The van der Waals surface area contributed by atoms with Gasteiger partial charge in [0.1, 0.15) is 0 Å². The Hall–Kier alpha value is -7.23. The van der Waals surface area contributed by atoms with E-state index in [-0.39, 0.29) is 32.7 Å². The predicted octanol–water partition coefficient (Wildman–Crippen LogP) is 20.8. The van der Waals surface area contributed by atoms with Crippen LogP contribution in [0.25, 0.3) is 76.5 Å². The van der Waals surface area contributed by atoms with Crippen LogP contribution < -0.4 is 9.80 Å². The standard InChI is InChI=1S/C75H75N3/c1-70(2,3)52-24-19-26-54(43-52)77-66-33-31-49(41-64(66)72(7)35-15-17-37-74(72,77)9)68-57-29-13-14-30-58(57)69(63-46-61-59(51-23-21-39-76-47-51)40-48-22-11-12-28-56(48)60(61)45-62(63)68)50-32-34-67-65(42-50)73(8)36-16-18-38-75(73,10)78(67)55-27-20-25-53(44-55)71(4,5)6/h11-14,19-34,39-47H,15-18,35-38H2,1-10H3. The van der Waals surface area contributed by atoms with Gasteiger partial charge in [0.05, 0.1) is 11.1 Å². The lowest BCUT2D eigenvalue weighted by Crippen LogP contribution is -2.54. The number of aromatic nitrogens is 1. The number of hydrogen-bond acceptors (Lipinski definition) is 3. The lowest BCUT2D eigenvalue weighted by molar-refractivity contribution is 0.195. The van der Waals surface area contributed by atoms with Gasteiger partial charge in [0.15, 0.2) is 0 Å². The van der Waals surface area contributed by atoms with Gasteiger partial charge in [0.2, 0.25) is 0 Å². The van der Waals surface area contributed by atoms with Crippen LogP contribution >= 0.6 is 0 Å². The molecule has 9 aromatic carbocycles. The molecule has 4 aliphatic rings. The Morgan fingerprint density at radius 3 is 1.38 bits per heavy atom. The van der Waals surface area contributed by atoms with E-state index in [0.717, 1.165) is 24.8 Å². The van der Waals surface area contributed by atoms with Crippen LogP contribution in [0.2, 0.25) is 0 Å². The summed E-state index contributed by atoms with van der Waals surface area (Å²) in [4.78, 5) is 10.2. The van der Waals surface area contributed by atoms with E-state index < -0.39 is 0 Å². The highest BCUT2D eigenvalue weighted by atomic mass is 15.3. The van der Waals surface area contributed by atoms with Gasteiger partial charge in [0.25, 0.3) is 0 Å². The lowest BCUT2D eigenvalue weighted by atomic mass is 9.61. The van der Waals surface area contributed by atoms with E-state index in [1.54, 1.807) is 0 Å². The maximum atomic E-state index is 4.69. The van der Waals surface area contributed by atoms with Crippen molar-refractivity contribution < 1.29 is 0 Å². The summed E-state index contributed by atoms with van der Waals surface area (Å²) in [6.45, 7) is 24.4. The first-order chi connectivity index (χ1) is 37.4. The number of rotatable bonds is 5. The molecule has 390 valence electrons. The van der Waals surface area contributed by atoms with Gasteiger partial charge in [-0.25, -0.2) is 0 Å². The van der Waals surface area contributed by atoms with E-state index in [4.69, 9.17) is 4.98 Å². The van der Waals surface area contributed by atoms with Gasteiger partial charge in [-0.15, -0.1) is 0 Å². The molecule has 2 aliphatic carbocycles. The van der Waals surface area contributed by atoms with Crippen molar-refractivity contribution in [1.29, 1.82) is 0 Å². The third-order valence-corrected chi connectivity index (χ3v) is 20.7. The summed E-state index contributed by atoms with van der Waals surface area (Å²) < 4.78 is 0. The molecule has 0 bridgehead atoms. The first-order valence-electron chi connectivity index (χ1n) is 29.3. The lowest BCUT2D eigenvalue weighted by Gasteiger charge is -2.50. The Morgan fingerprint density at radius 1 is 0.397 bits per heavy atom. The molecule has 78 heavy (non-hydrogen) atoms. The largest absolute Gasteiger partial charge is 0.334 e. The molecule has 0 spiro atoms. The van der Waals surface area contributed by atoms with Crippen LogP contribution in [0, 0.1) is 0 Å². The zero-order chi connectivity index (χ0) is 53.7. The Balaban J connectivity index is 1.06. The molecule has 1 aromatic heterocycles. The number of hydrogen-bond donors (Lipinski definition) is 0. The second kappa shape index (κ2) is 17.1. The van der Waals surface area contributed by atoms with E-state index in [1.165, 1.54) is 148 Å². The van der Waals surface area contributed by atoms with Gasteiger partial charge in [-0.1, -0.05) is 172 Å². The molecule has 2 saturated carbocycles. The minimum atomic E-state index is -0.0732. The third-order valence-electron chi connectivity index (χ3n) is 20.7. The number of pyridine rings is 1. The molecule has 2 fully saturated rings. The zero-order valence-electron chi connectivity index (χ0n) is 47.7. The van der Waals surface area contributed by atoms with Crippen LogP contribution in [0.1, 0.15) is 143 Å². The smallest absolute Gasteiger partial charge is 0.0517 e. The molecule has 0 N–H and O–H groups in total. The first-order valence-corrected chi connectivity index (χ1v) is 29.3. The highest BCUT2D eigenvalue weighted by Crippen LogP contribution is 2.64. The number of anilines is 4. The Labute approximate surface area is 463 Å². The van der Waals surface area contributed by atoms with Crippen LogP contribution in [0.5, 0.6) is 0 Å². The van der Waals surface area contributed by atoms with Crippen LogP contribution in [0.15, 0.2) is 176 Å². The molecular weight excluding hydrogens is 943 g/mol. The molecule has 0 radical (unpaired) electrons. The van der Waals surface area contributed by atoms with Gasteiger partial charge >= 0.3 is 0 Å². The minimum absolute atomic E-state index is 0.0442. The second-order valence-electron chi connectivity index (χ2n) is 27.0.